The summed E-state index contributed by atoms with van der Waals surface area (Å²) in [6, 6.07) is 6.06. The maximum absolute atomic E-state index is 12.2. The van der Waals surface area contributed by atoms with Gasteiger partial charge in [0.1, 0.15) is 0 Å². The Bertz CT molecular complexity index is 702. The molecule has 2 amide bonds. The molecule has 4 rings (SSSR count). The fourth-order valence-electron chi connectivity index (χ4n) is 4.24. The Labute approximate surface area is 159 Å². The van der Waals surface area contributed by atoms with Crippen molar-refractivity contribution in [2.24, 2.45) is 0 Å². The minimum absolute atomic E-state index is 0.163. The summed E-state index contributed by atoms with van der Waals surface area (Å²) >= 11 is 0. The monoisotopic (exact) mass is 372 g/mol. The molecule has 3 aliphatic rings. The van der Waals surface area contributed by atoms with Crippen molar-refractivity contribution in [3.05, 3.63) is 29.3 Å². The average Bonchev–Trinajstić information content (AvgIpc) is 3.10. The van der Waals surface area contributed by atoms with Crippen LogP contribution in [0.4, 0.5) is 5.69 Å². The number of hydrogen-bond donors (Lipinski definition) is 3. The molecule has 3 heterocycles. The maximum atomic E-state index is 12.2. The Morgan fingerprint density at radius 1 is 1.15 bits per heavy atom. The first-order chi connectivity index (χ1) is 13.2. The van der Waals surface area contributed by atoms with Crippen LogP contribution in [0.25, 0.3) is 0 Å². The molecule has 0 spiro atoms. The predicted octanol–water partition coefficient (Wildman–Crippen LogP) is 0.988. The highest BCUT2D eigenvalue weighted by molar-refractivity contribution is 6.00. The molecule has 3 N–H and O–H groups in total. The van der Waals surface area contributed by atoms with Crippen molar-refractivity contribution < 1.29 is 14.3 Å². The molecule has 0 aliphatic carbocycles. The maximum Gasteiger partial charge on any atom is 0.243 e. The minimum Gasteiger partial charge on any atom is -0.382 e. The van der Waals surface area contributed by atoms with Crippen LogP contribution in [-0.4, -0.2) is 55.1 Å². The van der Waals surface area contributed by atoms with Gasteiger partial charge < -0.3 is 15.4 Å². The van der Waals surface area contributed by atoms with Gasteiger partial charge in [0, 0.05) is 31.7 Å². The standard InChI is InChI=1S/C20H28N4O3/c25-19-5-4-18(20(26)23-19)24-12-14-2-1-3-17(16(14)13-24)22-10-11-27-15-6-8-21-9-7-15/h1-3,15,18,21-22H,4-13H2,(H,23,25,26). The topological polar surface area (TPSA) is 82.7 Å². The van der Waals surface area contributed by atoms with Gasteiger partial charge in [0.15, 0.2) is 0 Å². The van der Waals surface area contributed by atoms with Gasteiger partial charge in [-0.2, -0.15) is 0 Å². The van der Waals surface area contributed by atoms with Crippen molar-refractivity contribution in [2.45, 2.75) is 50.9 Å². The van der Waals surface area contributed by atoms with E-state index >= 15 is 0 Å². The number of piperidine rings is 2. The first-order valence-corrected chi connectivity index (χ1v) is 9.95. The number of carbonyl (C=O) groups is 2. The van der Waals surface area contributed by atoms with Crippen LogP contribution >= 0.6 is 0 Å². The zero-order valence-corrected chi connectivity index (χ0v) is 15.6. The number of anilines is 1. The lowest BCUT2D eigenvalue weighted by atomic mass is 10.0. The molecule has 2 saturated heterocycles. The van der Waals surface area contributed by atoms with E-state index in [0.717, 1.165) is 51.3 Å². The second kappa shape index (κ2) is 8.37. The van der Waals surface area contributed by atoms with E-state index in [1.165, 1.54) is 11.1 Å². The molecular weight excluding hydrogens is 344 g/mol. The molecule has 146 valence electrons. The van der Waals surface area contributed by atoms with Gasteiger partial charge in [0.25, 0.3) is 0 Å². The third kappa shape index (κ3) is 4.31. The largest absolute Gasteiger partial charge is 0.382 e. The summed E-state index contributed by atoms with van der Waals surface area (Å²) < 4.78 is 5.97. The van der Waals surface area contributed by atoms with E-state index < -0.39 is 0 Å². The highest BCUT2D eigenvalue weighted by atomic mass is 16.5. The molecule has 1 aromatic carbocycles. The van der Waals surface area contributed by atoms with Crippen LogP contribution in [0.15, 0.2) is 18.2 Å². The summed E-state index contributed by atoms with van der Waals surface area (Å²) in [6.45, 7) is 5.05. The third-order valence-corrected chi connectivity index (χ3v) is 5.72. The van der Waals surface area contributed by atoms with Crippen molar-refractivity contribution in [1.29, 1.82) is 0 Å². The molecule has 1 aromatic rings. The molecule has 3 aliphatic heterocycles. The van der Waals surface area contributed by atoms with Crippen LogP contribution in [0, 0.1) is 0 Å². The van der Waals surface area contributed by atoms with Gasteiger partial charge in [-0.1, -0.05) is 12.1 Å². The highest BCUT2D eigenvalue weighted by Gasteiger charge is 2.35. The number of benzene rings is 1. The minimum atomic E-state index is -0.216. The molecule has 7 nitrogen and oxygen atoms in total. The fraction of sp³-hybridized carbons (Fsp3) is 0.600. The lowest BCUT2D eigenvalue weighted by Crippen LogP contribution is -2.50. The van der Waals surface area contributed by atoms with E-state index in [1.54, 1.807) is 0 Å². The number of rotatable bonds is 6. The zero-order chi connectivity index (χ0) is 18.6. The summed E-state index contributed by atoms with van der Waals surface area (Å²) in [5.74, 6) is -0.326. The van der Waals surface area contributed by atoms with Crippen LogP contribution in [-0.2, 0) is 27.4 Å². The van der Waals surface area contributed by atoms with E-state index in [2.05, 4.69) is 39.0 Å². The van der Waals surface area contributed by atoms with E-state index in [1.807, 2.05) is 0 Å². The average molecular weight is 372 g/mol. The molecule has 0 radical (unpaired) electrons. The van der Waals surface area contributed by atoms with Gasteiger partial charge in [0.2, 0.25) is 11.8 Å². The van der Waals surface area contributed by atoms with Gasteiger partial charge >= 0.3 is 0 Å². The molecule has 2 fully saturated rings. The Morgan fingerprint density at radius 3 is 2.81 bits per heavy atom. The number of carbonyl (C=O) groups excluding carboxylic acids is 2. The third-order valence-electron chi connectivity index (χ3n) is 5.72. The zero-order valence-electron chi connectivity index (χ0n) is 15.6. The molecule has 1 unspecified atom stereocenters. The number of amides is 2. The van der Waals surface area contributed by atoms with Crippen molar-refractivity contribution >= 4 is 17.5 Å². The normalized spacial score (nSPS) is 23.9. The molecule has 0 aromatic heterocycles. The Kier molecular flexibility index (Phi) is 5.71. The van der Waals surface area contributed by atoms with Crippen LogP contribution < -0.4 is 16.0 Å². The van der Waals surface area contributed by atoms with Crippen LogP contribution in [0.3, 0.4) is 0 Å². The van der Waals surface area contributed by atoms with E-state index in [0.29, 0.717) is 25.6 Å². The van der Waals surface area contributed by atoms with Crippen LogP contribution in [0.2, 0.25) is 0 Å². The van der Waals surface area contributed by atoms with Gasteiger partial charge in [-0.25, -0.2) is 0 Å². The smallest absolute Gasteiger partial charge is 0.243 e. The van der Waals surface area contributed by atoms with E-state index in [9.17, 15) is 9.59 Å². The first kappa shape index (κ1) is 18.4. The molecule has 0 saturated carbocycles. The number of nitrogens with zero attached hydrogens (tertiary/aromatic N) is 1. The lowest BCUT2D eigenvalue weighted by molar-refractivity contribution is -0.137. The molecule has 7 heteroatoms. The number of nitrogens with one attached hydrogen (secondary N) is 3. The van der Waals surface area contributed by atoms with Crippen molar-refractivity contribution in [1.82, 2.24) is 15.5 Å². The summed E-state index contributed by atoms with van der Waals surface area (Å²) in [5.41, 5.74) is 3.63. The highest BCUT2D eigenvalue weighted by Crippen LogP contribution is 2.32. The first-order valence-electron chi connectivity index (χ1n) is 9.95. The number of fused-ring (bicyclic) bond motifs is 1. The van der Waals surface area contributed by atoms with Crippen molar-refractivity contribution in [3.8, 4) is 0 Å². The fourth-order valence-corrected chi connectivity index (χ4v) is 4.24. The van der Waals surface area contributed by atoms with E-state index in [4.69, 9.17) is 4.74 Å². The summed E-state index contributed by atoms with van der Waals surface area (Å²) in [4.78, 5) is 25.7. The van der Waals surface area contributed by atoms with Crippen LogP contribution in [0.5, 0.6) is 0 Å². The van der Waals surface area contributed by atoms with E-state index in [-0.39, 0.29) is 17.9 Å². The second-order valence-electron chi connectivity index (χ2n) is 7.56. The Morgan fingerprint density at radius 2 is 2.00 bits per heavy atom. The van der Waals surface area contributed by atoms with Crippen molar-refractivity contribution in [2.75, 3.05) is 31.6 Å². The van der Waals surface area contributed by atoms with Crippen molar-refractivity contribution in [3.63, 3.8) is 0 Å². The lowest BCUT2D eigenvalue weighted by Gasteiger charge is -2.29. The molecule has 0 bridgehead atoms. The Balaban J connectivity index is 1.31. The summed E-state index contributed by atoms with van der Waals surface area (Å²) in [5, 5.41) is 9.32. The van der Waals surface area contributed by atoms with Gasteiger partial charge in [-0.3, -0.25) is 19.8 Å². The molecular formula is C20H28N4O3. The second-order valence-corrected chi connectivity index (χ2v) is 7.56. The quantitative estimate of drug-likeness (QED) is 0.510. The van der Waals surface area contributed by atoms with Crippen LogP contribution in [0.1, 0.15) is 36.8 Å². The number of ether oxygens (including phenoxy) is 1. The molecule has 27 heavy (non-hydrogen) atoms. The summed E-state index contributed by atoms with van der Waals surface area (Å²) in [6.07, 6.45) is 3.56. The number of imide groups is 1. The number of hydrogen-bond acceptors (Lipinski definition) is 6. The SMILES string of the molecule is O=C1CCC(N2Cc3cccc(NCCOC4CCNCC4)c3C2)C(=O)N1. The summed E-state index contributed by atoms with van der Waals surface area (Å²) in [7, 11) is 0. The molecule has 1 atom stereocenters. The Hall–Kier alpha value is -1.96. The predicted molar refractivity (Wildman–Crippen MR) is 102 cm³/mol. The van der Waals surface area contributed by atoms with Gasteiger partial charge in [-0.15, -0.1) is 0 Å². The van der Waals surface area contributed by atoms with Gasteiger partial charge in [0.05, 0.1) is 18.8 Å². The van der Waals surface area contributed by atoms with Gasteiger partial charge in [-0.05, 0) is 49.5 Å².